The minimum Gasteiger partial charge on any atom is -0.324 e. The van der Waals surface area contributed by atoms with Gasteiger partial charge in [0.25, 0.3) is 0 Å². The maximum atomic E-state index is 6.21. The van der Waals surface area contributed by atoms with Crippen molar-refractivity contribution in [3.63, 3.8) is 0 Å². The molecule has 3 atom stereocenters. The number of hydrogen-bond acceptors (Lipinski definition) is 3. The summed E-state index contributed by atoms with van der Waals surface area (Å²) in [6, 6.07) is 0.692. The van der Waals surface area contributed by atoms with Gasteiger partial charge in [-0.05, 0) is 33.4 Å². The Balaban J connectivity index is 2.48. The molecule has 0 amide bonds. The lowest BCUT2D eigenvalue weighted by Gasteiger charge is -2.29. The third-order valence-electron chi connectivity index (χ3n) is 3.70. The Hall–Kier alpha value is -0.120. The van der Waals surface area contributed by atoms with Gasteiger partial charge in [-0.1, -0.05) is 13.8 Å². The Kier molecular flexibility index (Phi) is 4.15. The molecule has 1 aliphatic rings. The molecule has 0 bridgehead atoms. The van der Waals surface area contributed by atoms with Gasteiger partial charge < -0.3 is 10.6 Å². The summed E-state index contributed by atoms with van der Waals surface area (Å²) < 4.78 is 0. The zero-order chi connectivity index (χ0) is 11.6. The molecule has 1 fully saturated rings. The average Bonchev–Trinajstić information content (AvgIpc) is 2.46. The number of nitrogens with zero attached hydrogens (tertiary/aromatic N) is 2. The number of likely N-dealkylation sites (N-methyl/N-ethyl adjacent to an activating group) is 1. The molecule has 15 heavy (non-hydrogen) atoms. The van der Waals surface area contributed by atoms with E-state index in [-0.39, 0.29) is 5.54 Å². The zero-order valence-corrected chi connectivity index (χ0v) is 11.0. The van der Waals surface area contributed by atoms with E-state index < -0.39 is 0 Å². The largest absolute Gasteiger partial charge is 0.324 e. The van der Waals surface area contributed by atoms with Crippen LogP contribution in [-0.4, -0.2) is 55.1 Å². The van der Waals surface area contributed by atoms with Crippen LogP contribution in [0.25, 0.3) is 0 Å². The minimum atomic E-state index is -0.0269. The predicted octanol–water partition coefficient (Wildman–Crippen LogP) is 0.996. The normalized spacial score (nSPS) is 32.2. The summed E-state index contributed by atoms with van der Waals surface area (Å²) in [7, 11) is 4.35. The highest BCUT2D eigenvalue weighted by Gasteiger charge is 2.33. The lowest BCUT2D eigenvalue weighted by molar-refractivity contribution is 0.226. The monoisotopic (exact) mass is 213 g/mol. The topological polar surface area (TPSA) is 32.5 Å². The van der Waals surface area contributed by atoms with Gasteiger partial charge >= 0.3 is 0 Å². The molecule has 1 rings (SSSR count). The van der Waals surface area contributed by atoms with E-state index in [1.807, 2.05) is 0 Å². The Bertz CT molecular complexity index is 201. The first-order chi connectivity index (χ1) is 6.85. The van der Waals surface area contributed by atoms with Crippen LogP contribution in [0, 0.1) is 5.92 Å². The van der Waals surface area contributed by atoms with Crippen molar-refractivity contribution in [3.05, 3.63) is 0 Å². The molecule has 90 valence electrons. The van der Waals surface area contributed by atoms with E-state index >= 15 is 0 Å². The Labute approximate surface area is 94.6 Å². The van der Waals surface area contributed by atoms with Crippen LogP contribution in [0.2, 0.25) is 0 Å². The molecule has 0 aromatic heterocycles. The number of hydrogen-bond donors (Lipinski definition) is 1. The van der Waals surface area contributed by atoms with Crippen LogP contribution in [0.3, 0.4) is 0 Å². The highest BCUT2D eigenvalue weighted by Crippen LogP contribution is 2.21. The van der Waals surface area contributed by atoms with Crippen LogP contribution in [0.4, 0.5) is 0 Å². The molecule has 0 spiro atoms. The van der Waals surface area contributed by atoms with Crippen LogP contribution in [0.15, 0.2) is 0 Å². The second kappa shape index (κ2) is 4.81. The van der Waals surface area contributed by atoms with Crippen molar-refractivity contribution in [1.82, 2.24) is 9.80 Å². The second-order valence-electron chi connectivity index (χ2n) is 5.71. The van der Waals surface area contributed by atoms with E-state index in [1.165, 1.54) is 13.1 Å². The fourth-order valence-corrected chi connectivity index (χ4v) is 2.47. The fourth-order valence-electron chi connectivity index (χ4n) is 2.47. The third-order valence-corrected chi connectivity index (χ3v) is 3.70. The van der Waals surface area contributed by atoms with E-state index in [0.29, 0.717) is 6.04 Å². The molecule has 0 aromatic carbocycles. The van der Waals surface area contributed by atoms with Gasteiger partial charge in [0, 0.05) is 31.2 Å². The van der Waals surface area contributed by atoms with Gasteiger partial charge in [0.05, 0.1) is 0 Å². The van der Waals surface area contributed by atoms with E-state index in [4.69, 9.17) is 5.73 Å². The maximum absolute atomic E-state index is 6.21. The summed E-state index contributed by atoms with van der Waals surface area (Å²) in [6.07, 6.45) is 1.05. The fraction of sp³-hybridized carbons (Fsp3) is 1.00. The first-order valence-corrected chi connectivity index (χ1v) is 6.03. The van der Waals surface area contributed by atoms with Gasteiger partial charge in [-0.15, -0.1) is 0 Å². The van der Waals surface area contributed by atoms with E-state index in [2.05, 4.69) is 44.7 Å². The molecule has 1 saturated heterocycles. The van der Waals surface area contributed by atoms with Crippen molar-refractivity contribution in [1.29, 1.82) is 0 Å². The van der Waals surface area contributed by atoms with Gasteiger partial charge in [0.1, 0.15) is 0 Å². The van der Waals surface area contributed by atoms with Gasteiger partial charge in [-0.25, -0.2) is 0 Å². The molecule has 3 heteroatoms. The van der Waals surface area contributed by atoms with Crippen LogP contribution in [0.1, 0.15) is 27.2 Å². The molecule has 1 aliphatic heterocycles. The lowest BCUT2D eigenvalue weighted by atomic mass is 10.0. The number of likely N-dealkylation sites (tertiary alicyclic amines) is 1. The molecule has 0 radical (unpaired) electrons. The van der Waals surface area contributed by atoms with Gasteiger partial charge in [-0.2, -0.15) is 0 Å². The summed E-state index contributed by atoms with van der Waals surface area (Å²) in [5, 5.41) is 0. The highest BCUT2D eigenvalue weighted by molar-refractivity contribution is 4.91. The molecule has 0 saturated carbocycles. The number of nitrogens with two attached hydrogens (primary N) is 1. The first kappa shape index (κ1) is 12.9. The molecule has 2 N–H and O–H groups in total. The standard InChI is InChI=1S/C12H27N3/c1-6-12(3,13)9-15-7-10(2)11(8-15)14(4)5/h10-11H,6-9,13H2,1-5H3. The van der Waals surface area contributed by atoms with Crippen molar-refractivity contribution in [2.24, 2.45) is 11.7 Å². The Morgan fingerprint density at radius 1 is 1.40 bits per heavy atom. The smallest absolute Gasteiger partial charge is 0.0254 e. The molecule has 3 nitrogen and oxygen atoms in total. The third kappa shape index (κ3) is 3.44. The predicted molar refractivity (Wildman–Crippen MR) is 66.0 cm³/mol. The van der Waals surface area contributed by atoms with Crippen molar-refractivity contribution in [2.75, 3.05) is 33.7 Å². The second-order valence-corrected chi connectivity index (χ2v) is 5.71. The summed E-state index contributed by atoms with van der Waals surface area (Å²) in [5.74, 6) is 0.757. The molecule has 3 unspecified atom stereocenters. The molecule has 0 aliphatic carbocycles. The summed E-state index contributed by atoms with van der Waals surface area (Å²) >= 11 is 0. The molecule has 0 aromatic rings. The lowest BCUT2D eigenvalue weighted by Crippen LogP contribution is -2.47. The molecular weight excluding hydrogens is 186 g/mol. The Morgan fingerprint density at radius 2 is 2.00 bits per heavy atom. The summed E-state index contributed by atoms with van der Waals surface area (Å²) in [4.78, 5) is 4.85. The quantitative estimate of drug-likeness (QED) is 0.756. The Morgan fingerprint density at radius 3 is 2.40 bits per heavy atom. The van der Waals surface area contributed by atoms with Crippen molar-refractivity contribution < 1.29 is 0 Å². The van der Waals surface area contributed by atoms with E-state index in [9.17, 15) is 0 Å². The maximum Gasteiger partial charge on any atom is 0.0254 e. The van der Waals surface area contributed by atoms with Crippen LogP contribution < -0.4 is 5.73 Å². The summed E-state index contributed by atoms with van der Waals surface area (Å²) in [5.41, 5.74) is 6.18. The van der Waals surface area contributed by atoms with Gasteiger partial charge in [-0.3, -0.25) is 4.90 Å². The first-order valence-electron chi connectivity index (χ1n) is 6.03. The van der Waals surface area contributed by atoms with Crippen molar-refractivity contribution in [2.45, 2.75) is 38.8 Å². The molecular formula is C12H27N3. The zero-order valence-electron chi connectivity index (χ0n) is 11.0. The molecule has 1 heterocycles. The average molecular weight is 213 g/mol. The summed E-state index contributed by atoms with van der Waals surface area (Å²) in [6.45, 7) is 10.0. The van der Waals surface area contributed by atoms with Crippen LogP contribution in [-0.2, 0) is 0 Å². The SMILES string of the molecule is CCC(C)(N)CN1CC(C)C(N(C)C)C1. The van der Waals surface area contributed by atoms with Gasteiger partial charge in [0.2, 0.25) is 0 Å². The van der Waals surface area contributed by atoms with E-state index in [0.717, 1.165) is 18.9 Å². The minimum absolute atomic E-state index is 0.0269. The van der Waals surface area contributed by atoms with Gasteiger partial charge in [0.15, 0.2) is 0 Å². The van der Waals surface area contributed by atoms with Crippen LogP contribution >= 0.6 is 0 Å². The highest BCUT2D eigenvalue weighted by atomic mass is 15.2. The van der Waals surface area contributed by atoms with Crippen molar-refractivity contribution >= 4 is 0 Å². The number of rotatable bonds is 4. The van der Waals surface area contributed by atoms with Crippen molar-refractivity contribution in [3.8, 4) is 0 Å². The van der Waals surface area contributed by atoms with E-state index in [1.54, 1.807) is 0 Å². The van der Waals surface area contributed by atoms with Crippen LogP contribution in [0.5, 0.6) is 0 Å².